The molecule has 0 saturated carbocycles. The van der Waals surface area contributed by atoms with Crippen molar-refractivity contribution in [2.24, 2.45) is 13.0 Å². The van der Waals surface area contributed by atoms with Gasteiger partial charge in [0.25, 0.3) is 0 Å². The van der Waals surface area contributed by atoms with E-state index in [4.69, 9.17) is 5.11 Å². The van der Waals surface area contributed by atoms with Crippen LogP contribution in [0.3, 0.4) is 0 Å². The van der Waals surface area contributed by atoms with E-state index >= 15 is 0 Å². The Morgan fingerprint density at radius 1 is 1.53 bits per heavy atom. The number of carboxylic acids is 1. The monoisotopic (exact) mass is 286 g/mol. The number of aryl methyl sites for hydroxylation is 1. The number of hydrogen-bond donors (Lipinski definition) is 1. The van der Waals surface area contributed by atoms with Crippen LogP contribution in [0.25, 0.3) is 0 Å². The van der Waals surface area contributed by atoms with Crippen molar-refractivity contribution < 1.29 is 18.3 Å². The molecule has 1 aliphatic rings. The minimum Gasteiger partial charge on any atom is -0.477 e. The molecule has 7 heteroatoms. The molecule has 0 radical (unpaired) electrons. The lowest BCUT2D eigenvalue weighted by Crippen LogP contribution is -2.28. The summed E-state index contributed by atoms with van der Waals surface area (Å²) in [6.45, 7) is 3.08. The van der Waals surface area contributed by atoms with E-state index in [1.165, 1.54) is 28.2 Å². The van der Waals surface area contributed by atoms with E-state index in [1.54, 1.807) is 0 Å². The van der Waals surface area contributed by atoms with Crippen LogP contribution in [0.1, 0.15) is 30.3 Å². The molecule has 0 aliphatic carbocycles. The molecular formula is C12H18N2O4S. The molecule has 1 atom stereocenters. The van der Waals surface area contributed by atoms with Crippen molar-refractivity contribution in [1.82, 2.24) is 8.87 Å². The van der Waals surface area contributed by atoms with Crippen LogP contribution in [0, 0.1) is 5.92 Å². The van der Waals surface area contributed by atoms with Crippen molar-refractivity contribution in [3.8, 4) is 0 Å². The first kappa shape index (κ1) is 14.1. The van der Waals surface area contributed by atoms with Gasteiger partial charge in [-0.05, 0) is 18.4 Å². The van der Waals surface area contributed by atoms with Crippen molar-refractivity contribution in [3.05, 3.63) is 18.0 Å². The number of carbonyl (C=O) groups is 1. The van der Waals surface area contributed by atoms with Crippen LogP contribution in [0.15, 0.2) is 17.2 Å². The van der Waals surface area contributed by atoms with E-state index in [0.29, 0.717) is 19.0 Å². The standard InChI is InChI=1S/C12H18N2O4S/c1-3-9-4-5-14(7-9)19(17,18)10-6-11(12(15)16)13(2)8-10/h6,8-9H,3-5,7H2,1-2H3,(H,15,16). The summed E-state index contributed by atoms with van der Waals surface area (Å²) in [5, 5.41) is 8.96. The fourth-order valence-electron chi connectivity index (χ4n) is 2.39. The zero-order valence-electron chi connectivity index (χ0n) is 11.0. The minimum atomic E-state index is -3.57. The molecule has 1 saturated heterocycles. The largest absolute Gasteiger partial charge is 0.477 e. The van der Waals surface area contributed by atoms with Gasteiger partial charge in [0.15, 0.2) is 0 Å². The van der Waals surface area contributed by atoms with Crippen LogP contribution < -0.4 is 0 Å². The maximum absolute atomic E-state index is 12.4. The van der Waals surface area contributed by atoms with Gasteiger partial charge in [0, 0.05) is 26.3 Å². The zero-order valence-corrected chi connectivity index (χ0v) is 11.9. The van der Waals surface area contributed by atoms with Gasteiger partial charge >= 0.3 is 5.97 Å². The van der Waals surface area contributed by atoms with E-state index in [9.17, 15) is 13.2 Å². The van der Waals surface area contributed by atoms with Crippen molar-refractivity contribution in [2.75, 3.05) is 13.1 Å². The Morgan fingerprint density at radius 3 is 2.68 bits per heavy atom. The average Bonchev–Trinajstić information content (AvgIpc) is 2.95. The van der Waals surface area contributed by atoms with Gasteiger partial charge in [-0.15, -0.1) is 0 Å². The summed E-state index contributed by atoms with van der Waals surface area (Å²) in [6.07, 6.45) is 3.19. The summed E-state index contributed by atoms with van der Waals surface area (Å²) in [7, 11) is -2.04. The fourth-order valence-corrected chi connectivity index (χ4v) is 3.99. The summed E-state index contributed by atoms with van der Waals surface area (Å²) in [5.74, 6) is -0.728. The van der Waals surface area contributed by atoms with E-state index in [0.717, 1.165) is 12.8 Å². The highest BCUT2D eigenvalue weighted by atomic mass is 32.2. The van der Waals surface area contributed by atoms with Gasteiger partial charge in [0.1, 0.15) is 10.6 Å². The fraction of sp³-hybridized carbons (Fsp3) is 0.583. The Bertz CT molecular complexity index is 591. The molecule has 106 valence electrons. The van der Waals surface area contributed by atoms with Crippen molar-refractivity contribution in [1.29, 1.82) is 0 Å². The van der Waals surface area contributed by atoms with E-state index in [2.05, 4.69) is 0 Å². The zero-order chi connectivity index (χ0) is 14.2. The Kier molecular flexibility index (Phi) is 3.69. The first-order valence-corrected chi connectivity index (χ1v) is 7.70. The van der Waals surface area contributed by atoms with Crippen LogP contribution in [0.2, 0.25) is 0 Å². The topological polar surface area (TPSA) is 79.6 Å². The Balaban J connectivity index is 2.30. The lowest BCUT2D eigenvalue weighted by molar-refractivity contribution is 0.0686. The minimum absolute atomic E-state index is 0.0233. The highest BCUT2D eigenvalue weighted by Crippen LogP contribution is 2.26. The summed E-state index contributed by atoms with van der Waals surface area (Å²) in [6, 6.07) is 1.22. The molecular weight excluding hydrogens is 268 g/mol. The second kappa shape index (κ2) is 4.97. The Hall–Kier alpha value is -1.34. The van der Waals surface area contributed by atoms with Gasteiger partial charge in [0.05, 0.1) is 0 Å². The third kappa shape index (κ3) is 2.52. The number of aromatic carboxylic acids is 1. The molecule has 1 fully saturated rings. The quantitative estimate of drug-likeness (QED) is 0.900. The molecule has 2 rings (SSSR count). The predicted molar refractivity (Wildman–Crippen MR) is 69.5 cm³/mol. The van der Waals surface area contributed by atoms with Crippen molar-refractivity contribution in [3.63, 3.8) is 0 Å². The van der Waals surface area contributed by atoms with Gasteiger partial charge in [-0.2, -0.15) is 4.31 Å². The van der Waals surface area contributed by atoms with Crippen LogP contribution in [0.5, 0.6) is 0 Å². The molecule has 1 N–H and O–H groups in total. The second-order valence-electron chi connectivity index (χ2n) is 4.90. The number of carboxylic acid groups (broad SMARTS) is 1. The van der Waals surface area contributed by atoms with Gasteiger partial charge in [0.2, 0.25) is 10.0 Å². The van der Waals surface area contributed by atoms with Crippen molar-refractivity contribution >= 4 is 16.0 Å². The van der Waals surface area contributed by atoms with E-state index in [-0.39, 0.29) is 10.6 Å². The Morgan fingerprint density at radius 2 is 2.21 bits per heavy atom. The molecule has 1 aromatic heterocycles. The third-order valence-corrected chi connectivity index (χ3v) is 5.49. The van der Waals surface area contributed by atoms with Gasteiger partial charge in [-0.25, -0.2) is 13.2 Å². The molecule has 0 aromatic carbocycles. The third-order valence-electron chi connectivity index (χ3n) is 3.66. The number of sulfonamides is 1. The lowest BCUT2D eigenvalue weighted by atomic mass is 10.1. The summed E-state index contributed by atoms with van der Waals surface area (Å²) >= 11 is 0. The average molecular weight is 286 g/mol. The highest BCUT2D eigenvalue weighted by Gasteiger charge is 2.33. The van der Waals surface area contributed by atoms with E-state index < -0.39 is 16.0 Å². The molecule has 6 nitrogen and oxygen atoms in total. The van der Waals surface area contributed by atoms with Crippen LogP contribution in [0.4, 0.5) is 0 Å². The Labute approximate surface area is 112 Å². The summed E-state index contributed by atoms with van der Waals surface area (Å²) in [5.41, 5.74) is -0.0233. The number of aromatic nitrogens is 1. The lowest BCUT2D eigenvalue weighted by Gasteiger charge is -2.15. The first-order valence-electron chi connectivity index (χ1n) is 6.26. The number of nitrogens with zero attached hydrogens (tertiary/aromatic N) is 2. The molecule has 19 heavy (non-hydrogen) atoms. The van der Waals surface area contributed by atoms with Crippen LogP contribution >= 0.6 is 0 Å². The van der Waals surface area contributed by atoms with Gasteiger partial charge in [-0.1, -0.05) is 13.3 Å². The second-order valence-corrected chi connectivity index (χ2v) is 6.84. The molecule has 1 aliphatic heterocycles. The predicted octanol–water partition coefficient (Wildman–Crippen LogP) is 1.14. The normalized spacial score (nSPS) is 20.8. The van der Waals surface area contributed by atoms with E-state index in [1.807, 2.05) is 6.92 Å². The molecule has 2 heterocycles. The van der Waals surface area contributed by atoms with Crippen LogP contribution in [-0.4, -0.2) is 41.5 Å². The maximum atomic E-state index is 12.4. The van der Waals surface area contributed by atoms with Crippen LogP contribution in [-0.2, 0) is 17.1 Å². The number of hydrogen-bond acceptors (Lipinski definition) is 3. The molecule has 0 bridgehead atoms. The smallest absolute Gasteiger partial charge is 0.352 e. The van der Waals surface area contributed by atoms with Gasteiger partial charge in [-0.3, -0.25) is 0 Å². The maximum Gasteiger partial charge on any atom is 0.352 e. The first-order chi connectivity index (χ1) is 8.86. The SMILES string of the molecule is CCC1CCN(S(=O)(=O)c2cc(C(=O)O)n(C)c2)C1. The molecule has 0 amide bonds. The summed E-state index contributed by atoms with van der Waals surface area (Å²) in [4.78, 5) is 11.0. The molecule has 1 unspecified atom stereocenters. The molecule has 1 aromatic rings. The van der Waals surface area contributed by atoms with Crippen molar-refractivity contribution in [2.45, 2.75) is 24.7 Å². The summed E-state index contributed by atoms with van der Waals surface area (Å²) < 4.78 is 27.6. The molecule has 0 spiro atoms. The highest BCUT2D eigenvalue weighted by molar-refractivity contribution is 7.89. The number of rotatable bonds is 4. The van der Waals surface area contributed by atoms with Gasteiger partial charge < -0.3 is 9.67 Å².